The van der Waals surface area contributed by atoms with Crippen LogP contribution in [0.15, 0.2) is 42.6 Å². The Bertz CT molecular complexity index is 866. The van der Waals surface area contributed by atoms with Crippen molar-refractivity contribution in [1.29, 1.82) is 0 Å². The zero-order valence-electron chi connectivity index (χ0n) is 14.2. The van der Waals surface area contributed by atoms with Crippen LogP contribution in [0.2, 0.25) is 0 Å². The summed E-state index contributed by atoms with van der Waals surface area (Å²) in [7, 11) is 0. The number of hydrogen-bond acceptors (Lipinski definition) is 3. The highest BCUT2D eigenvalue weighted by Gasteiger charge is 2.13. The lowest BCUT2D eigenvalue weighted by Gasteiger charge is -2.20. The largest absolute Gasteiger partial charge is 0.489 e. The van der Waals surface area contributed by atoms with Gasteiger partial charge < -0.3 is 10.1 Å². The topological polar surface area (TPSA) is 39.1 Å². The van der Waals surface area contributed by atoms with E-state index in [0.717, 1.165) is 25.3 Å². The quantitative estimate of drug-likeness (QED) is 0.793. The number of hydrogen-bond donors (Lipinski definition) is 1. The highest BCUT2D eigenvalue weighted by Crippen LogP contribution is 2.26. The molecular weight excluding hydrogens is 298 g/mol. The van der Waals surface area contributed by atoms with Crippen LogP contribution in [0.1, 0.15) is 36.6 Å². The first-order valence-corrected chi connectivity index (χ1v) is 8.63. The van der Waals surface area contributed by atoms with Crippen LogP contribution in [0.3, 0.4) is 0 Å². The van der Waals surface area contributed by atoms with Crippen molar-refractivity contribution in [2.75, 3.05) is 6.54 Å². The van der Waals surface area contributed by atoms with Gasteiger partial charge in [-0.05, 0) is 61.7 Å². The monoisotopic (exact) mass is 321 g/mol. The fourth-order valence-electron chi connectivity index (χ4n) is 3.40. The Balaban J connectivity index is 1.55. The molecule has 2 heterocycles. The molecule has 1 N–H and O–H groups in total. The lowest BCUT2D eigenvalue weighted by molar-refractivity contribution is 0.301. The molecule has 0 amide bonds. The van der Waals surface area contributed by atoms with E-state index in [1.807, 2.05) is 6.20 Å². The number of rotatable bonds is 4. The van der Waals surface area contributed by atoms with E-state index < -0.39 is 0 Å². The molecule has 0 saturated carbocycles. The van der Waals surface area contributed by atoms with Gasteiger partial charge in [0, 0.05) is 18.0 Å². The van der Waals surface area contributed by atoms with Crippen LogP contribution in [-0.4, -0.2) is 16.3 Å². The van der Waals surface area contributed by atoms with Crippen LogP contribution >= 0.6 is 0 Å². The molecule has 24 heavy (non-hydrogen) atoms. The fourth-order valence-corrected chi connectivity index (χ4v) is 3.40. The van der Waals surface area contributed by atoms with Crippen molar-refractivity contribution in [2.24, 2.45) is 0 Å². The molecule has 0 atom stereocenters. The van der Waals surface area contributed by atoms with Crippen molar-refractivity contribution < 1.29 is 4.74 Å². The molecule has 2 aromatic carbocycles. The van der Waals surface area contributed by atoms with Gasteiger partial charge in [0.05, 0.1) is 11.7 Å². The maximum Gasteiger partial charge on any atom is 0.123 e. The number of fused-ring (bicyclic) bond motifs is 2. The zero-order chi connectivity index (χ0) is 16.5. The molecule has 0 aliphatic carbocycles. The van der Waals surface area contributed by atoms with E-state index in [2.05, 4.69) is 65.3 Å². The minimum Gasteiger partial charge on any atom is -0.489 e. The maximum absolute atomic E-state index is 6.14. The Morgan fingerprint density at radius 3 is 3.04 bits per heavy atom. The van der Waals surface area contributed by atoms with E-state index >= 15 is 0 Å². The Morgan fingerprint density at radius 1 is 1.25 bits per heavy atom. The highest BCUT2D eigenvalue weighted by molar-refractivity contribution is 5.79. The second-order valence-corrected chi connectivity index (χ2v) is 6.69. The Kier molecular flexibility index (Phi) is 3.98. The van der Waals surface area contributed by atoms with Gasteiger partial charge in [0.25, 0.3) is 0 Å². The molecule has 4 nitrogen and oxygen atoms in total. The van der Waals surface area contributed by atoms with Crippen LogP contribution in [0.5, 0.6) is 5.75 Å². The van der Waals surface area contributed by atoms with E-state index in [9.17, 15) is 0 Å². The van der Waals surface area contributed by atoms with Crippen molar-refractivity contribution in [3.05, 3.63) is 59.3 Å². The molecule has 0 fully saturated rings. The SMILES string of the molecule is CC(C)n1ncc2cc(COc3cccc4c3CCNC4)ccc21. The summed E-state index contributed by atoms with van der Waals surface area (Å²) in [6.45, 7) is 6.85. The normalized spacial score (nSPS) is 14.1. The van der Waals surface area contributed by atoms with Gasteiger partial charge >= 0.3 is 0 Å². The number of nitrogens with zero attached hydrogens (tertiary/aromatic N) is 2. The summed E-state index contributed by atoms with van der Waals surface area (Å²) >= 11 is 0. The minimum absolute atomic E-state index is 0.369. The average molecular weight is 321 g/mol. The standard InChI is InChI=1S/C20H23N3O/c1-14(2)23-19-7-6-15(10-17(19)12-22-23)13-24-20-5-3-4-16-11-21-9-8-18(16)20/h3-7,10,12,14,21H,8-9,11,13H2,1-2H3. The van der Waals surface area contributed by atoms with Crippen molar-refractivity contribution in [3.63, 3.8) is 0 Å². The second kappa shape index (κ2) is 6.29. The zero-order valence-corrected chi connectivity index (χ0v) is 14.2. The Morgan fingerprint density at radius 2 is 2.17 bits per heavy atom. The Hall–Kier alpha value is -2.33. The summed E-state index contributed by atoms with van der Waals surface area (Å²) in [6.07, 6.45) is 2.97. The van der Waals surface area contributed by atoms with Crippen molar-refractivity contribution in [3.8, 4) is 5.75 Å². The van der Waals surface area contributed by atoms with Crippen LogP contribution in [0, 0.1) is 0 Å². The third kappa shape index (κ3) is 2.78. The van der Waals surface area contributed by atoms with Gasteiger partial charge in [0.1, 0.15) is 12.4 Å². The van der Waals surface area contributed by atoms with Gasteiger partial charge in [-0.1, -0.05) is 18.2 Å². The minimum atomic E-state index is 0.369. The van der Waals surface area contributed by atoms with Crippen molar-refractivity contribution >= 4 is 10.9 Å². The third-order valence-electron chi connectivity index (χ3n) is 4.64. The van der Waals surface area contributed by atoms with Gasteiger partial charge in [0.15, 0.2) is 0 Å². The average Bonchev–Trinajstić information content (AvgIpc) is 3.03. The molecule has 1 aliphatic rings. The summed E-state index contributed by atoms with van der Waals surface area (Å²) in [5.41, 5.74) is 5.06. The highest BCUT2D eigenvalue weighted by atomic mass is 16.5. The number of benzene rings is 2. The first kappa shape index (κ1) is 15.2. The molecule has 0 spiro atoms. The van der Waals surface area contributed by atoms with Crippen LogP contribution in [0.25, 0.3) is 10.9 Å². The first-order chi connectivity index (χ1) is 11.7. The molecule has 3 aromatic rings. The summed E-state index contributed by atoms with van der Waals surface area (Å²) in [6, 6.07) is 13.2. The van der Waals surface area contributed by atoms with E-state index in [1.54, 1.807) is 0 Å². The van der Waals surface area contributed by atoms with Gasteiger partial charge in [0.2, 0.25) is 0 Å². The third-order valence-corrected chi connectivity index (χ3v) is 4.64. The van der Waals surface area contributed by atoms with Gasteiger partial charge in [-0.25, -0.2) is 0 Å². The van der Waals surface area contributed by atoms with Crippen molar-refractivity contribution in [1.82, 2.24) is 15.1 Å². The van der Waals surface area contributed by atoms with E-state index in [1.165, 1.54) is 27.6 Å². The van der Waals surface area contributed by atoms with E-state index in [0.29, 0.717) is 12.6 Å². The molecular formula is C20H23N3O. The van der Waals surface area contributed by atoms with E-state index in [4.69, 9.17) is 4.74 Å². The molecule has 0 saturated heterocycles. The molecule has 1 aliphatic heterocycles. The van der Waals surface area contributed by atoms with Gasteiger partial charge in [-0.15, -0.1) is 0 Å². The number of ether oxygens (including phenoxy) is 1. The van der Waals surface area contributed by atoms with Crippen LogP contribution in [-0.2, 0) is 19.6 Å². The van der Waals surface area contributed by atoms with Crippen LogP contribution < -0.4 is 10.1 Å². The van der Waals surface area contributed by atoms with Crippen molar-refractivity contribution in [2.45, 2.75) is 39.5 Å². The van der Waals surface area contributed by atoms with Gasteiger partial charge in [-0.3, -0.25) is 4.68 Å². The predicted octanol–water partition coefficient (Wildman–Crippen LogP) is 3.84. The van der Waals surface area contributed by atoms with Crippen LogP contribution in [0.4, 0.5) is 0 Å². The van der Waals surface area contributed by atoms with Gasteiger partial charge in [-0.2, -0.15) is 5.10 Å². The second-order valence-electron chi connectivity index (χ2n) is 6.69. The summed E-state index contributed by atoms with van der Waals surface area (Å²) in [5.74, 6) is 1.02. The summed E-state index contributed by atoms with van der Waals surface area (Å²) < 4.78 is 8.19. The molecule has 4 heteroatoms. The predicted molar refractivity (Wildman–Crippen MR) is 96.3 cm³/mol. The smallest absolute Gasteiger partial charge is 0.123 e. The van der Waals surface area contributed by atoms with E-state index in [-0.39, 0.29) is 0 Å². The maximum atomic E-state index is 6.14. The fraction of sp³-hybridized carbons (Fsp3) is 0.350. The lowest BCUT2D eigenvalue weighted by Crippen LogP contribution is -2.24. The molecule has 0 unspecified atom stereocenters. The molecule has 0 bridgehead atoms. The molecule has 0 radical (unpaired) electrons. The number of nitrogens with one attached hydrogen (secondary N) is 1. The Labute approximate surface area is 142 Å². The molecule has 124 valence electrons. The molecule has 4 rings (SSSR count). The first-order valence-electron chi connectivity index (χ1n) is 8.63. The number of aromatic nitrogens is 2. The lowest BCUT2D eigenvalue weighted by atomic mass is 10.0. The molecule has 1 aromatic heterocycles. The summed E-state index contributed by atoms with van der Waals surface area (Å²) in [5, 5.41) is 9.06. The summed E-state index contributed by atoms with van der Waals surface area (Å²) in [4.78, 5) is 0.